The maximum absolute atomic E-state index is 10.2. The highest BCUT2D eigenvalue weighted by Crippen LogP contribution is 2.17. The van der Waals surface area contributed by atoms with Crippen LogP contribution in [0.4, 0.5) is 0 Å². The van der Waals surface area contributed by atoms with Crippen LogP contribution in [0.5, 0.6) is 5.75 Å². The Balaban J connectivity index is 2.09. The molecule has 0 unspecified atom stereocenters. The molecule has 0 saturated heterocycles. The first-order valence-corrected chi connectivity index (χ1v) is 5.78. The van der Waals surface area contributed by atoms with Crippen LogP contribution < -0.4 is 10.1 Å². The minimum Gasteiger partial charge on any atom is -0.492 e. The molecule has 0 atom stereocenters. The van der Waals surface area contributed by atoms with E-state index < -0.39 is 5.97 Å². The smallest absolute Gasteiger partial charge is 0.304 e. The fourth-order valence-corrected chi connectivity index (χ4v) is 1.50. The van der Waals surface area contributed by atoms with Crippen molar-refractivity contribution in [2.45, 2.75) is 6.42 Å². The van der Waals surface area contributed by atoms with Gasteiger partial charge in [-0.15, -0.1) is 0 Å². The number of hydrogen-bond donors (Lipinski definition) is 2. The molecular weight excluding hydrogens is 274 g/mol. The summed E-state index contributed by atoms with van der Waals surface area (Å²) in [7, 11) is 0. The molecule has 0 spiro atoms. The van der Waals surface area contributed by atoms with Gasteiger partial charge in [-0.2, -0.15) is 0 Å². The first-order chi connectivity index (χ1) is 7.68. The Kier molecular flexibility index (Phi) is 5.88. The number of benzene rings is 1. The summed E-state index contributed by atoms with van der Waals surface area (Å²) in [4.78, 5) is 10.2. The maximum atomic E-state index is 10.2. The zero-order valence-corrected chi connectivity index (χ0v) is 10.4. The van der Waals surface area contributed by atoms with Crippen LogP contribution in [0.3, 0.4) is 0 Å². The minimum atomic E-state index is -0.791. The lowest BCUT2D eigenvalue weighted by atomic mass is 10.3. The highest BCUT2D eigenvalue weighted by atomic mass is 79.9. The van der Waals surface area contributed by atoms with Gasteiger partial charge in [-0.25, -0.2) is 0 Å². The first-order valence-electron chi connectivity index (χ1n) is 4.99. The molecule has 0 aliphatic rings. The summed E-state index contributed by atoms with van der Waals surface area (Å²) < 4.78 is 6.43. The van der Waals surface area contributed by atoms with Gasteiger partial charge in [0.25, 0.3) is 0 Å². The lowest BCUT2D eigenvalue weighted by molar-refractivity contribution is -0.136. The molecule has 0 saturated carbocycles. The molecule has 1 aromatic rings. The second-order valence-corrected chi connectivity index (χ2v) is 4.12. The van der Waals surface area contributed by atoms with Crippen molar-refractivity contribution >= 4 is 21.9 Å². The van der Waals surface area contributed by atoms with E-state index in [1.54, 1.807) is 0 Å². The van der Waals surface area contributed by atoms with Crippen molar-refractivity contribution in [2.75, 3.05) is 19.7 Å². The molecule has 0 aromatic heterocycles. The quantitative estimate of drug-likeness (QED) is 0.752. The zero-order valence-electron chi connectivity index (χ0n) is 8.78. The Hall–Kier alpha value is -1.07. The third-order valence-electron chi connectivity index (χ3n) is 1.86. The van der Waals surface area contributed by atoms with Crippen molar-refractivity contribution in [3.63, 3.8) is 0 Å². The van der Waals surface area contributed by atoms with Gasteiger partial charge in [0.15, 0.2) is 0 Å². The highest BCUT2D eigenvalue weighted by Gasteiger charge is 1.96. The van der Waals surface area contributed by atoms with Gasteiger partial charge >= 0.3 is 5.97 Å². The van der Waals surface area contributed by atoms with Gasteiger partial charge in [0, 0.05) is 17.6 Å². The summed E-state index contributed by atoms with van der Waals surface area (Å²) in [6.45, 7) is 1.63. The van der Waals surface area contributed by atoms with Crippen molar-refractivity contribution in [3.05, 3.63) is 28.7 Å². The van der Waals surface area contributed by atoms with Gasteiger partial charge < -0.3 is 15.2 Å². The van der Waals surface area contributed by atoms with Crippen LogP contribution >= 0.6 is 15.9 Å². The molecule has 16 heavy (non-hydrogen) atoms. The molecule has 0 aliphatic carbocycles. The Bertz CT molecular complexity index is 344. The molecule has 1 aromatic carbocycles. The molecule has 0 radical (unpaired) electrons. The number of carbonyl (C=O) groups is 1. The standard InChI is InChI=1S/C11H14BrNO3/c12-9-2-1-3-10(8-9)16-7-6-13-5-4-11(14)15/h1-3,8,13H,4-7H2,(H,14,15). The topological polar surface area (TPSA) is 58.6 Å². The molecule has 1 rings (SSSR count). The van der Waals surface area contributed by atoms with Crippen molar-refractivity contribution < 1.29 is 14.6 Å². The number of rotatable bonds is 7. The lowest BCUT2D eigenvalue weighted by Gasteiger charge is -2.06. The minimum absolute atomic E-state index is 0.136. The van der Waals surface area contributed by atoms with E-state index in [0.29, 0.717) is 19.7 Å². The summed E-state index contributed by atoms with van der Waals surface area (Å²) in [5.74, 6) is 0.00909. The van der Waals surface area contributed by atoms with E-state index >= 15 is 0 Å². The summed E-state index contributed by atoms with van der Waals surface area (Å²) in [5, 5.41) is 11.4. The van der Waals surface area contributed by atoms with Crippen molar-refractivity contribution in [2.24, 2.45) is 0 Å². The predicted molar refractivity (Wildman–Crippen MR) is 64.8 cm³/mol. The van der Waals surface area contributed by atoms with Crippen LogP contribution in [0.25, 0.3) is 0 Å². The van der Waals surface area contributed by atoms with Crippen LogP contribution in [0.2, 0.25) is 0 Å². The first kappa shape index (κ1) is 13.0. The molecule has 0 bridgehead atoms. The van der Waals surface area contributed by atoms with Crippen LogP contribution in [-0.2, 0) is 4.79 Å². The SMILES string of the molecule is O=C(O)CCNCCOc1cccc(Br)c1. The molecular formula is C11H14BrNO3. The van der Waals surface area contributed by atoms with Crippen LogP contribution in [0.15, 0.2) is 28.7 Å². The zero-order chi connectivity index (χ0) is 11.8. The van der Waals surface area contributed by atoms with Crippen molar-refractivity contribution in [1.82, 2.24) is 5.32 Å². The third kappa shape index (κ3) is 5.72. The number of aliphatic carboxylic acids is 1. The van der Waals surface area contributed by atoms with E-state index in [0.717, 1.165) is 10.2 Å². The highest BCUT2D eigenvalue weighted by molar-refractivity contribution is 9.10. The van der Waals surface area contributed by atoms with E-state index in [1.165, 1.54) is 0 Å². The molecule has 0 heterocycles. The molecule has 88 valence electrons. The largest absolute Gasteiger partial charge is 0.492 e. The average Bonchev–Trinajstić information content (AvgIpc) is 2.23. The summed E-state index contributed by atoms with van der Waals surface area (Å²) in [6, 6.07) is 7.59. The van der Waals surface area contributed by atoms with Gasteiger partial charge in [-0.05, 0) is 18.2 Å². The van der Waals surface area contributed by atoms with Crippen molar-refractivity contribution in [3.8, 4) is 5.75 Å². The van der Waals surface area contributed by atoms with E-state index in [1.807, 2.05) is 24.3 Å². The number of ether oxygens (including phenoxy) is 1. The fourth-order valence-electron chi connectivity index (χ4n) is 1.12. The molecule has 0 amide bonds. The summed E-state index contributed by atoms with van der Waals surface area (Å²) in [6.07, 6.45) is 0.136. The molecule has 0 aliphatic heterocycles. The van der Waals surface area contributed by atoms with E-state index in [-0.39, 0.29) is 6.42 Å². The lowest BCUT2D eigenvalue weighted by Crippen LogP contribution is -2.23. The van der Waals surface area contributed by atoms with E-state index in [4.69, 9.17) is 9.84 Å². The van der Waals surface area contributed by atoms with Crippen LogP contribution in [0, 0.1) is 0 Å². The van der Waals surface area contributed by atoms with Gasteiger partial charge in [-0.1, -0.05) is 22.0 Å². The second-order valence-electron chi connectivity index (χ2n) is 3.20. The fraction of sp³-hybridized carbons (Fsp3) is 0.364. The number of carboxylic acids is 1. The monoisotopic (exact) mass is 287 g/mol. The average molecular weight is 288 g/mol. The van der Waals surface area contributed by atoms with Crippen molar-refractivity contribution in [1.29, 1.82) is 0 Å². The van der Waals surface area contributed by atoms with Gasteiger partial charge in [0.05, 0.1) is 6.42 Å². The predicted octanol–water partition coefficient (Wildman–Crippen LogP) is 1.89. The van der Waals surface area contributed by atoms with Crippen LogP contribution in [0.1, 0.15) is 6.42 Å². The third-order valence-corrected chi connectivity index (χ3v) is 2.35. The number of carboxylic acid groups (broad SMARTS) is 1. The van der Waals surface area contributed by atoms with Gasteiger partial charge in [-0.3, -0.25) is 4.79 Å². The summed E-state index contributed by atoms with van der Waals surface area (Å²) >= 11 is 3.35. The maximum Gasteiger partial charge on any atom is 0.304 e. The summed E-state index contributed by atoms with van der Waals surface area (Å²) in [5.41, 5.74) is 0. The second kappa shape index (κ2) is 7.24. The van der Waals surface area contributed by atoms with Crippen LogP contribution in [-0.4, -0.2) is 30.8 Å². The van der Waals surface area contributed by atoms with Gasteiger partial charge in [0.2, 0.25) is 0 Å². The number of nitrogens with one attached hydrogen (secondary N) is 1. The molecule has 5 heteroatoms. The van der Waals surface area contributed by atoms with E-state index in [9.17, 15) is 4.79 Å². The normalized spacial score (nSPS) is 10.1. The van der Waals surface area contributed by atoms with E-state index in [2.05, 4.69) is 21.2 Å². The Morgan fingerprint density at radius 2 is 2.25 bits per heavy atom. The van der Waals surface area contributed by atoms with Gasteiger partial charge in [0.1, 0.15) is 12.4 Å². The molecule has 2 N–H and O–H groups in total. The Morgan fingerprint density at radius 1 is 1.44 bits per heavy atom. The Labute approximate surface area is 103 Å². The number of hydrogen-bond acceptors (Lipinski definition) is 3. The number of halogens is 1. The molecule has 0 fully saturated rings. The molecule has 4 nitrogen and oxygen atoms in total. The Morgan fingerprint density at radius 3 is 2.94 bits per heavy atom.